The predicted octanol–water partition coefficient (Wildman–Crippen LogP) is 4.46. The molecule has 0 aliphatic carbocycles. The molecule has 0 bridgehead atoms. The molecule has 0 fully saturated rings. The fourth-order valence-corrected chi connectivity index (χ4v) is 4.12. The first-order valence-corrected chi connectivity index (χ1v) is 8.41. The Balaban J connectivity index is 1.98. The number of hydrogen-bond donors (Lipinski definition) is 1. The smallest absolute Gasteiger partial charge is 0.131 e. The van der Waals surface area contributed by atoms with Gasteiger partial charge in [-0.05, 0) is 44.5 Å². The number of methoxy groups -OCH3 is 1. The van der Waals surface area contributed by atoms with Crippen molar-refractivity contribution < 1.29 is 9.47 Å². The van der Waals surface area contributed by atoms with E-state index in [1.807, 2.05) is 18.2 Å². The Morgan fingerprint density at radius 3 is 2.79 bits per heavy atom. The van der Waals surface area contributed by atoms with Gasteiger partial charge >= 0.3 is 0 Å². The summed E-state index contributed by atoms with van der Waals surface area (Å²) in [7, 11) is 3.87. The molecule has 0 radical (unpaired) electrons. The van der Waals surface area contributed by atoms with Gasteiger partial charge in [-0.15, -0.1) is 0 Å². The van der Waals surface area contributed by atoms with E-state index in [9.17, 15) is 0 Å². The molecule has 0 aromatic heterocycles. The molecule has 1 atom stereocenters. The number of likely N-dealkylation sites (N-methyl/N-ethyl adjacent to an activating group) is 1. The number of hydrogen-bond acceptors (Lipinski definition) is 4. The highest BCUT2D eigenvalue weighted by Crippen LogP contribution is 2.52. The lowest BCUT2D eigenvalue weighted by Gasteiger charge is -2.43. The molecule has 4 nitrogen and oxygen atoms in total. The molecule has 2 aliphatic heterocycles. The lowest BCUT2D eigenvalue weighted by atomic mass is 9.88. The van der Waals surface area contributed by atoms with Crippen LogP contribution in [0.2, 0.25) is 0 Å². The summed E-state index contributed by atoms with van der Waals surface area (Å²) < 4.78 is 11.8. The van der Waals surface area contributed by atoms with Crippen molar-refractivity contribution in [3.63, 3.8) is 0 Å². The first-order valence-electron chi connectivity index (χ1n) is 8.41. The highest BCUT2D eigenvalue weighted by molar-refractivity contribution is 5.90. The van der Waals surface area contributed by atoms with Gasteiger partial charge in [-0.2, -0.15) is 0 Å². The minimum atomic E-state index is 0.0000170. The van der Waals surface area contributed by atoms with Gasteiger partial charge in [0.25, 0.3) is 0 Å². The van der Waals surface area contributed by atoms with Crippen LogP contribution in [0.5, 0.6) is 11.5 Å². The zero-order chi connectivity index (χ0) is 17.1. The molecule has 2 aromatic carbocycles. The van der Waals surface area contributed by atoms with Gasteiger partial charge in [0.15, 0.2) is 0 Å². The topological polar surface area (TPSA) is 33.7 Å². The Morgan fingerprint density at radius 2 is 2.04 bits per heavy atom. The summed E-state index contributed by atoms with van der Waals surface area (Å²) in [4.78, 5) is 2.34. The molecule has 1 N–H and O–H groups in total. The molecular weight excluding hydrogens is 300 g/mol. The van der Waals surface area contributed by atoms with Gasteiger partial charge in [-0.3, -0.25) is 0 Å². The van der Waals surface area contributed by atoms with Crippen LogP contribution < -0.4 is 19.7 Å². The Labute approximate surface area is 143 Å². The van der Waals surface area contributed by atoms with Crippen LogP contribution >= 0.6 is 0 Å². The van der Waals surface area contributed by atoms with Crippen LogP contribution in [0.25, 0.3) is 11.1 Å². The Kier molecular flexibility index (Phi) is 3.21. The molecule has 4 rings (SSSR count). The van der Waals surface area contributed by atoms with Gasteiger partial charge in [0, 0.05) is 24.7 Å². The summed E-state index contributed by atoms with van der Waals surface area (Å²) in [5.74, 6) is 1.74. The first-order chi connectivity index (χ1) is 11.4. The third kappa shape index (κ3) is 2.13. The third-order valence-electron chi connectivity index (χ3n) is 4.89. The fourth-order valence-electron chi connectivity index (χ4n) is 4.12. The van der Waals surface area contributed by atoms with Gasteiger partial charge in [0.1, 0.15) is 17.6 Å². The second kappa shape index (κ2) is 5.07. The Bertz CT molecular complexity index is 814. The van der Waals surface area contributed by atoms with Gasteiger partial charge < -0.3 is 19.7 Å². The molecule has 1 unspecified atom stereocenters. The van der Waals surface area contributed by atoms with Crippen molar-refractivity contribution in [1.29, 1.82) is 0 Å². The standard InChI is InChI=1S/C20H24N2O2/c1-12-17-13(18-15(23-5)7-6-8-16(18)24-12)9-10-14-19(17)22(4)11-20(2,3)21-14/h6-10,12,21H,11H2,1-5H3. The maximum Gasteiger partial charge on any atom is 0.131 e. The van der Waals surface area contributed by atoms with Crippen LogP contribution in [0.15, 0.2) is 30.3 Å². The number of nitrogens with zero attached hydrogens (tertiary/aromatic N) is 1. The molecule has 0 spiro atoms. The van der Waals surface area contributed by atoms with E-state index in [4.69, 9.17) is 9.47 Å². The van der Waals surface area contributed by atoms with Gasteiger partial charge in [0.05, 0.1) is 24.0 Å². The lowest BCUT2D eigenvalue weighted by molar-refractivity contribution is 0.222. The van der Waals surface area contributed by atoms with E-state index in [1.54, 1.807) is 7.11 Å². The summed E-state index contributed by atoms with van der Waals surface area (Å²) >= 11 is 0. The Morgan fingerprint density at radius 1 is 1.25 bits per heavy atom. The minimum absolute atomic E-state index is 0.0000170. The van der Waals surface area contributed by atoms with Crippen LogP contribution in [0.4, 0.5) is 11.4 Å². The highest BCUT2D eigenvalue weighted by atomic mass is 16.5. The molecular formula is C20H24N2O2. The Hall–Kier alpha value is -2.36. The largest absolute Gasteiger partial charge is 0.496 e. The van der Waals surface area contributed by atoms with E-state index >= 15 is 0 Å². The van der Waals surface area contributed by atoms with E-state index < -0.39 is 0 Å². The zero-order valence-electron chi connectivity index (χ0n) is 14.9. The average molecular weight is 324 g/mol. The number of fused-ring (bicyclic) bond motifs is 5. The van der Waals surface area contributed by atoms with Crippen LogP contribution in [0.3, 0.4) is 0 Å². The van der Waals surface area contributed by atoms with Crippen molar-refractivity contribution in [2.24, 2.45) is 0 Å². The summed E-state index contributed by atoms with van der Waals surface area (Å²) in [6, 6.07) is 10.4. The molecule has 0 amide bonds. The van der Waals surface area contributed by atoms with Crippen molar-refractivity contribution in [2.45, 2.75) is 32.4 Å². The molecule has 2 aromatic rings. The van der Waals surface area contributed by atoms with Crippen LogP contribution in [0.1, 0.15) is 32.4 Å². The number of rotatable bonds is 1. The van der Waals surface area contributed by atoms with Gasteiger partial charge in [-0.1, -0.05) is 12.1 Å². The molecule has 2 aliphatic rings. The van der Waals surface area contributed by atoms with Crippen molar-refractivity contribution in [2.75, 3.05) is 30.9 Å². The maximum atomic E-state index is 6.23. The summed E-state index contributed by atoms with van der Waals surface area (Å²) in [6.07, 6.45) is 0.0000170. The van der Waals surface area contributed by atoms with Crippen LogP contribution in [0, 0.1) is 0 Å². The lowest BCUT2D eigenvalue weighted by Crippen LogP contribution is -2.47. The monoisotopic (exact) mass is 324 g/mol. The number of nitrogens with one attached hydrogen (secondary N) is 1. The highest BCUT2D eigenvalue weighted by Gasteiger charge is 2.35. The summed E-state index contributed by atoms with van der Waals surface area (Å²) in [5.41, 5.74) is 5.93. The molecule has 0 saturated carbocycles. The molecule has 126 valence electrons. The van der Waals surface area contributed by atoms with Crippen molar-refractivity contribution in [3.8, 4) is 22.6 Å². The van der Waals surface area contributed by atoms with Gasteiger partial charge in [0.2, 0.25) is 0 Å². The number of benzene rings is 2. The second-order valence-electron chi connectivity index (χ2n) is 7.38. The predicted molar refractivity (Wildman–Crippen MR) is 98.4 cm³/mol. The molecule has 0 saturated heterocycles. The quantitative estimate of drug-likeness (QED) is 0.840. The van der Waals surface area contributed by atoms with Crippen LogP contribution in [-0.4, -0.2) is 26.2 Å². The van der Waals surface area contributed by atoms with Crippen molar-refractivity contribution >= 4 is 11.4 Å². The maximum absolute atomic E-state index is 6.23. The average Bonchev–Trinajstić information content (AvgIpc) is 2.52. The van der Waals surface area contributed by atoms with E-state index in [2.05, 4.69) is 50.2 Å². The fraction of sp³-hybridized carbons (Fsp3) is 0.400. The molecule has 2 heterocycles. The van der Waals surface area contributed by atoms with Crippen molar-refractivity contribution in [3.05, 3.63) is 35.9 Å². The first kappa shape index (κ1) is 15.2. The van der Waals surface area contributed by atoms with E-state index in [-0.39, 0.29) is 11.6 Å². The zero-order valence-corrected chi connectivity index (χ0v) is 14.9. The van der Waals surface area contributed by atoms with E-state index in [0.717, 1.165) is 23.6 Å². The summed E-state index contributed by atoms with van der Waals surface area (Å²) in [6.45, 7) is 7.52. The van der Waals surface area contributed by atoms with Gasteiger partial charge in [-0.25, -0.2) is 0 Å². The number of ether oxygens (including phenoxy) is 2. The van der Waals surface area contributed by atoms with Crippen LogP contribution in [-0.2, 0) is 0 Å². The van der Waals surface area contributed by atoms with E-state index in [1.165, 1.54) is 22.5 Å². The van der Waals surface area contributed by atoms with E-state index in [0.29, 0.717) is 0 Å². The third-order valence-corrected chi connectivity index (χ3v) is 4.89. The van der Waals surface area contributed by atoms with Crippen molar-refractivity contribution in [1.82, 2.24) is 0 Å². The molecule has 24 heavy (non-hydrogen) atoms. The molecule has 4 heteroatoms. The normalized spacial score (nSPS) is 20.2. The number of anilines is 2. The second-order valence-corrected chi connectivity index (χ2v) is 7.38. The SMILES string of the molecule is COc1cccc2c1-c1ccc3c(c1C(C)O2)N(C)CC(C)(C)N3. The minimum Gasteiger partial charge on any atom is -0.496 e. The summed E-state index contributed by atoms with van der Waals surface area (Å²) in [5, 5.41) is 3.66.